The molecule has 1 aliphatic carbocycles. The monoisotopic (exact) mass is 293 g/mol. The first-order valence-electron chi connectivity index (χ1n) is 7.67. The molecule has 0 saturated carbocycles. The molecule has 112 valence electrons. The molecule has 0 unspecified atom stereocenters. The van der Waals surface area contributed by atoms with E-state index in [9.17, 15) is 9.59 Å². The average molecular weight is 293 g/mol. The van der Waals surface area contributed by atoms with Gasteiger partial charge in [0.2, 0.25) is 0 Å². The molecule has 2 aromatic carbocycles. The van der Waals surface area contributed by atoms with Crippen LogP contribution in [0.25, 0.3) is 11.1 Å². The van der Waals surface area contributed by atoms with Gasteiger partial charge >= 0.3 is 0 Å². The van der Waals surface area contributed by atoms with Gasteiger partial charge in [-0.2, -0.15) is 0 Å². The molecule has 0 aliphatic heterocycles. The Balaban J connectivity index is 1.93. The fourth-order valence-corrected chi connectivity index (χ4v) is 2.88. The smallest absolute Gasteiger partial charge is 0.253 e. The number of fused-ring (bicyclic) bond motifs is 3. The second-order valence-electron chi connectivity index (χ2n) is 5.72. The van der Waals surface area contributed by atoms with Crippen molar-refractivity contribution in [2.75, 3.05) is 13.6 Å². The minimum Gasteiger partial charge on any atom is -0.342 e. The summed E-state index contributed by atoms with van der Waals surface area (Å²) in [7, 11) is 1.81. The molecule has 3 rings (SSSR count). The van der Waals surface area contributed by atoms with Gasteiger partial charge in [0.25, 0.3) is 5.91 Å². The Morgan fingerprint density at radius 2 is 1.68 bits per heavy atom. The molecule has 0 bridgehead atoms. The second-order valence-corrected chi connectivity index (χ2v) is 5.72. The summed E-state index contributed by atoms with van der Waals surface area (Å²) in [5.41, 5.74) is 3.82. The van der Waals surface area contributed by atoms with Crippen LogP contribution in [0.3, 0.4) is 0 Å². The van der Waals surface area contributed by atoms with Crippen molar-refractivity contribution in [3.05, 3.63) is 59.2 Å². The first kappa shape index (κ1) is 14.5. The molecule has 1 amide bonds. The highest BCUT2D eigenvalue weighted by atomic mass is 16.2. The maximum absolute atomic E-state index is 12.5. The third-order valence-corrected chi connectivity index (χ3v) is 4.17. The summed E-state index contributed by atoms with van der Waals surface area (Å²) in [5.74, 6) is -0.0172. The van der Waals surface area contributed by atoms with Crippen LogP contribution in [0.5, 0.6) is 0 Å². The molecule has 0 spiro atoms. The molecule has 0 heterocycles. The Hall–Kier alpha value is -2.42. The van der Waals surface area contributed by atoms with Crippen molar-refractivity contribution in [1.29, 1.82) is 0 Å². The number of hydrogen-bond donors (Lipinski definition) is 0. The van der Waals surface area contributed by atoms with Crippen molar-refractivity contribution in [2.24, 2.45) is 0 Å². The summed E-state index contributed by atoms with van der Waals surface area (Å²) in [5, 5.41) is 0. The zero-order valence-corrected chi connectivity index (χ0v) is 12.9. The van der Waals surface area contributed by atoms with Gasteiger partial charge in [0, 0.05) is 30.3 Å². The van der Waals surface area contributed by atoms with Crippen LogP contribution in [-0.2, 0) is 0 Å². The number of ketones is 1. The highest BCUT2D eigenvalue weighted by molar-refractivity contribution is 6.22. The van der Waals surface area contributed by atoms with Crippen LogP contribution < -0.4 is 0 Å². The minimum absolute atomic E-state index is 0.0106. The summed E-state index contributed by atoms with van der Waals surface area (Å²) >= 11 is 0. The summed E-state index contributed by atoms with van der Waals surface area (Å²) < 4.78 is 0. The van der Waals surface area contributed by atoms with Gasteiger partial charge < -0.3 is 4.90 Å². The van der Waals surface area contributed by atoms with Crippen molar-refractivity contribution in [1.82, 2.24) is 4.90 Å². The highest BCUT2D eigenvalue weighted by Gasteiger charge is 2.27. The number of hydrogen-bond acceptors (Lipinski definition) is 2. The molecule has 0 fully saturated rings. The van der Waals surface area contributed by atoms with Crippen molar-refractivity contribution < 1.29 is 9.59 Å². The summed E-state index contributed by atoms with van der Waals surface area (Å²) in [6.07, 6.45) is 2.03. The van der Waals surface area contributed by atoms with Crippen molar-refractivity contribution >= 4 is 11.7 Å². The van der Waals surface area contributed by atoms with Crippen LogP contribution >= 0.6 is 0 Å². The fourth-order valence-electron chi connectivity index (χ4n) is 2.88. The van der Waals surface area contributed by atoms with Crippen LogP contribution in [0.4, 0.5) is 0 Å². The van der Waals surface area contributed by atoms with E-state index in [2.05, 4.69) is 6.92 Å². The van der Waals surface area contributed by atoms with E-state index in [-0.39, 0.29) is 11.7 Å². The molecule has 0 saturated heterocycles. The number of amides is 1. The third-order valence-electron chi connectivity index (χ3n) is 4.17. The zero-order valence-electron chi connectivity index (χ0n) is 12.9. The van der Waals surface area contributed by atoms with Crippen LogP contribution in [0.15, 0.2) is 42.5 Å². The Kier molecular flexibility index (Phi) is 3.80. The lowest BCUT2D eigenvalue weighted by Gasteiger charge is -2.17. The maximum Gasteiger partial charge on any atom is 0.253 e. The fraction of sp³-hybridized carbons (Fsp3) is 0.263. The van der Waals surface area contributed by atoms with E-state index < -0.39 is 0 Å². The van der Waals surface area contributed by atoms with Gasteiger partial charge in [-0.25, -0.2) is 0 Å². The van der Waals surface area contributed by atoms with Crippen LogP contribution in [0.1, 0.15) is 46.0 Å². The molecular formula is C19H19NO2. The van der Waals surface area contributed by atoms with Crippen LogP contribution in [-0.4, -0.2) is 30.2 Å². The molecule has 1 aliphatic rings. The molecule has 3 nitrogen and oxygen atoms in total. The van der Waals surface area contributed by atoms with E-state index >= 15 is 0 Å². The lowest BCUT2D eigenvalue weighted by atomic mass is 10.0. The van der Waals surface area contributed by atoms with E-state index in [4.69, 9.17) is 0 Å². The van der Waals surface area contributed by atoms with E-state index in [0.717, 1.165) is 36.1 Å². The predicted molar refractivity (Wildman–Crippen MR) is 87.2 cm³/mol. The molecule has 0 N–H and O–H groups in total. The van der Waals surface area contributed by atoms with Gasteiger partial charge in [-0.15, -0.1) is 0 Å². The first-order valence-corrected chi connectivity index (χ1v) is 7.67. The first-order chi connectivity index (χ1) is 10.6. The van der Waals surface area contributed by atoms with Crippen molar-refractivity contribution in [2.45, 2.75) is 19.8 Å². The van der Waals surface area contributed by atoms with Gasteiger partial charge in [-0.3, -0.25) is 9.59 Å². The normalized spacial score (nSPS) is 12.0. The second kappa shape index (κ2) is 5.76. The lowest BCUT2D eigenvalue weighted by molar-refractivity contribution is 0.0793. The van der Waals surface area contributed by atoms with Crippen molar-refractivity contribution in [3.63, 3.8) is 0 Å². The molecule has 2 aromatic rings. The van der Waals surface area contributed by atoms with Gasteiger partial charge in [-0.05, 0) is 29.7 Å². The van der Waals surface area contributed by atoms with Gasteiger partial charge in [0.15, 0.2) is 5.78 Å². The summed E-state index contributed by atoms with van der Waals surface area (Å²) in [6.45, 7) is 2.84. The number of benzene rings is 2. The lowest BCUT2D eigenvalue weighted by Crippen LogP contribution is -2.27. The van der Waals surface area contributed by atoms with E-state index in [1.54, 1.807) is 11.0 Å². The molecule has 3 heteroatoms. The Morgan fingerprint density at radius 1 is 1.00 bits per heavy atom. The summed E-state index contributed by atoms with van der Waals surface area (Å²) in [6, 6.07) is 13.0. The van der Waals surface area contributed by atoms with Gasteiger partial charge in [-0.1, -0.05) is 43.7 Å². The molecule has 0 atom stereocenters. The van der Waals surface area contributed by atoms with Gasteiger partial charge in [0.1, 0.15) is 0 Å². The Morgan fingerprint density at radius 3 is 2.41 bits per heavy atom. The minimum atomic E-state index is -0.0278. The topological polar surface area (TPSA) is 37.4 Å². The Labute approximate surface area is 130 Å². The SMILES string of the molecule is CCCCN(C)C(=O)c1ccc2c(c1)C(=O)c1ccccc1-2. The number of unbranched alkanes of at least 4 members (excludes halogenated alkanes) is 1. The largest absolute Gasteiger partial charge is 0.342 e. The summed E-state index contributed by atoms with van der Waals surface area (Å²) in [4.78, 5) is 26.6. The van der Waals surface area contributed by atoms with Crippen molar-refractivity contribution in [3.8, 4) is 11.1 Å². The number of carbonyl (C=O) groups excluding carboxylic acids is 2. The number of nitrogens with zero attached hydrogens (tertiary/aromatic N) is 1. The van der Waals surface area contributed by atoms with Crippen LogP contribution in [0.2, 0.25) is 0 Å². The Bertz CT molecular complexity index is 749. The predicted octanol–water partition coefficient (Wildman–Crippen LogP) is 3.77. The van der Waals surface area contributed by atoms with E-state index in [1.165, 1.54) is 0 Å². The number of carbonyl (C=O) groups is 2. The van der Waals surface area contributed by atoms with Crippen LogP contribution in [0, 0.1) is 0 Å². The van der Waals surface area contributed by atoms with Gasteiger partial charge in [0.05, 0.1) is 0 Å². The third kappa shape index (κ3) is 2.33. The standard InChI is InChI=1S/C19H19NO2/c1-3-4-11-20(2)19(22)13-9-10-15-14-7-5-6-8-16(14)18(21)17(15)12-13/h5-10,12H,3-4,11H2,1-2H3. The average Bonchev–Trinajstić information content (AvgIpc) is 2.85. The number of rotatable bonds is 4. The van der Waals surface area contributed by atoms with E-state index in [0.29, 0.717) is 11.1 Å². The molecule has 0 aromatic heterocycles. The quantitative estimate of drug-likeness (QED) is 0.734. The molecular weight excluding hydrogens is 274 g/mol. The molecule has 0 radical (unpaired) electrons. The zero-order chi connectivity index (χ0) is 15.7. The van der Waals surface area contributed by atoms with E-state index in [1.807, 2.05) is 43.4 Å². The molecule has 22 heavy (non-hydrogen) atoms. The maximum atomic E-state index is 12.5. The highest BCUT2D eigenvalue weighted by Crippen LogP contribution is 2.36.